The van der Waals surface area contributed by atoms with Gasteiger partial charge < -0.3 is 48.8 Å². The van der Waals surface area contributed by atoms with Gasteiger partial charge in [-0.2, -0.15) is 0 Å². The monoisotopic (exact) mass is 896 g/mol. The Labute approximate surface area is 364 Å². The second-order valence-corrected chi connectivity index (χ2v) is 18.3. The van der Waals surface area contributed by atoms with Crippen molar-refractivity contribution >= 4 is 59.7 Å². The molecule has 5 fully saturated rings. The van der Waals surface area contributed by atoms with E-state index in [1.54, 1.807) is 0 Å². The number of allylic oxidation sites excluding steroid dienone is 1. The summed E-state index contributed by atoms with van der Waals surface area (Å²) >= 11 is 0. The maximum atomic E-state index is 12.7. The van der Waals surface area contributed by atoms with Gasteiger partial charge >= 0.3 is 59.7 Å². The molecule has 0 saturated heterocycles. The highest BCUT2D eigenvalue weighted by Gasteiger charge is 2.72. The average Bonchev–Trinajstić information content (AvgIpc) is 3.62. The molecule has 0 aromatic heterocycles. The lowest BCUT2D eigenvalue weighted by Gasteiger charge is -2.73. The molecule has 5 rings (SSSR count). The highest BCUT2D eigenvalue weighted by atomic mass is 16.6. The summed E-state index contributed by atoms with van der Waals surface area (Å²) in [6.45, 7) is 15.7. The molecule has 0 heterocycles. The number of hydrogen-bond acceptors (Lipinski definition) is 16. The van der Waals surface area contributed by atoms with Crippen molar-refractivity contribution in [2.75, 3.05) is 34.5 Å². The standard InChI is InChI=1S/C39H56O12.2C2H2O4/c1-22(2)23-12-17-39(21-50-33(44)30(41)47-8)19-18-37(5)24(28(23)39)10-11-26-35(3)15-14-27(51-34(45)31(42)48-9)36(4,20-49-32(43)29(40)46-7)25(35)13-16-38(26,37)6;2*3-1(4)2(5)6/h23-28H,1,10-21H2,2-9H3;2*(H,3,4)(H,5,6)/t23-,24+,25+,26+,27-,28+,35-,36-,37+,38+,39+;;/m0../s1. The van der Waals surface area contributed by atoms with Crippen LogP contribution in [0.4, 0.5) is 0 Å². The minimum Gasteiger partial charge on any atom is -0.473 e. The van der Waals surface area contributed by atoms with Crippen molar-refractivity contribution in [1.29, 1.82) is 0 Å². The number of carboxylic acid groups (broad SMARTS) is 4. The molecule has 5 aliphatic carbocycles. The van der Waals surface area contributed by atoms with Gasteiger partial charge in [-0.3, -0.25) is 0 Å². The Kier molecular flexibility index (Phi) is 16.3. The summed E-state index contributed by atoms with van der Waals surface area (Å²) in [4.78, 5) is 110. The van der Waals surface area contributed by atoms with Crippen molar-refractivity contribution in [3.05, 3.63) is 12.2 Å². The van der Waals surface area contributed by atoms with Crippen LogP contribution in [0.5, 0.6) is 0 Å². The summed E-state index contributed by atoms with van der Waals surface area (Å²) in [5.74, 6) is -12.6. The van der Waals surface area contributed by atoms with E-state index in [0.29, 0.717) is 12.3 Å². The zero-order valence-electron chi connectivity index (χ0n) is 37.0. The van der Waals surface area contributed by atoms with Gasteiger partial charge in [-0.1, -0.05) is 39.8 Å². The number of hydrogen-bond donors (Lipinski definition) is 4. The second kappa shape index (κ2) is 19.9. The maximum absolute atomic E-state index is 12.7. The van der Waals surface area contributed by atoms with Crippen LogP contribution in [0.1, 0.15) is 98.8 Å². The third-order valence-corrected chi connectivity index (χ3v) is 15.7. The van der Waals surface area contributed by atoms with Crippen molar-refractivity contribution in [3.63, 3.8) is 0 Å². The van der Waals surface area contributed by atoms with Crippen molar-refractivity contribution in [1.82, 2.24) is 0 Å². The molecule has 352 valence electrons. The molecule has 0 radical (unpaired) electrons. The third-order valence-electron chi connectivity index (χ3n) is 15.7. The molecule has 0 spiro atoms. The molecule has 0 bridgehead atoms. The second-order valence-electron chi connectivity index (χ2n) is 18.3. The Hall–Kier alpha value is -5.56. The molecule has 11 atom stereocenters. The lowest BCUT2D eigenvalue weighted by molar-refractivity contribution is -0.259. The first-order chi connectivity index (χ1) is 29.2. The molecule has 4 N–H and O–H groups in total. The largest absolute Gasteiger partial charge is 0.473 e. The zero-order chi connectivity index (χ0) is 48.0. The fraction of sp³-hybridized carbons (Fsp3) is 0.721. The molecular weight excluding hydrogens is 836 g/mol. The van der Waals surface area contributed by atoms with Gasteiger partial charge in [-0.25, -0.2) is 47.9 Å². The number of ether oxygens (including phenoxy) is 6. The Morgan fingerprint density at radius 1 is 0.540 bits per heavy atom. The van der Waals surface area contributed by atoms with Gasteiger partial charge in [-0.15, -0.1) is 0 Å². The van der Waals surface area contributed by atoms with Crippen LogP contribution in [0, 0.1) is 56.7 Å². The van der Waals surface area contributed by atoms with E-state index >= 15 is 0 Å². The van der Waals surface area contributed by atoms with Gasteiger partial charge in [0.25, 0.3) is 0 Å². The summed E-state index contributed by atoms with van der Waals surface area (Å²) in [5.41, 5.74) is -0.366. The molecule has 5 aliphatic rings. The highest BCUT2D eigenvalue weighted by Crippen LogP contribution is 2.77. The SMILES string of the molecule is C=C(C)[C@@H]1CC[C@]2(COC(=O)C(=O)OC)CC[C@]3(C)[C@H](CC[C@@H]4[C@@]5(C)CC[C@H](OC(=O)C(=O)OC)[C@@](C)(COC(=O)C(=O)OC)[C@@H]5CC[C@]43C)[C@@H]12.O=C(O)C(=O)O.O=C(O)C(=O)O. The lowest BCUT2D eigenvalue weighted by atomic mass is 9.32. The number of carbonyl (C=O) groups is 10. The van der Waals surface area contributed by atoms with Gasteiger partial charge in [0.2, 0.25) is 0 Å². The Morgan fingerprint density at radius 2 is 1.03 bits per heavy atom. The quantitative estimate of drug-likeness (QED) is 0.128. The Bertz CT molecular complexity index is 1820. The average molecular weight is 897 g/mol. The number of esters is 6. The first-order valence-electron chi connectivity index (χ1n) is 20.5. The molecule has 5 saturated carbocycles. The zero-order valence-corrected chi connectivity index (χ0v) is 37.0. The van der Waals surface area contributed by atoms with Gasteiger partial charge in [0.15, 0.2) is 0 Å². The minimum absolute atomic E-state index is 0.0512. The smallest absolute Gasteiger partial charge is 0.417 e. The molecule has 0 amide bonds. The highest BCUT2D eigenvalue weighted by molar-refractivity contribution is 6.30. The fourth-order valence-corrected chi connectivity index (χ4v) is 12.7. The molecule has 63 heavy (non-hydrogen) atoms. The first-order valence-corrected chi connectivity index (χ1v) is 20.5. The topological polar surface area (TPSA) is 307 Å². The van der Waals surface area contributed by atoms with E-state index in [1.807, 2.05) is 6.92 Å². The summed E-state index contributed by atoms with van der Waals surface area (Å²) in [7, 11) is 3.40. The van der Waals surface area contributed by atoms with Gasteiger partial charge in [-0.05, 0) is 117 Å². The molecule has 0 aliphatic heterocycles. The third kappa shape index (κ3) is 9.98. The fourth-order valence-electron chi connectivity index (χ4n) is 12.7. The first kappa shape index (κ1) is 51.8. The molecular formula is C43H60O20. The van der Waals surface area contributed by atoms with Crippen LogP contribution in [0.3, 0.4) is 0 Å². The van der Waals surface area contributed by atoms with Crippen LogP contribution in [0.25, 0.3) is 0 Å². The summed E-state index contributed by atoms with van der Waals surface area (Å²) in [5, 5.41) is 29.6. The van der Waals surface area contributed by atoms with Crippen LogP contribution >= 0.6 is 0 Å². The number of carboxylic acids is 4. The van der Waals surface area contributed by atoms with Crippen molar-refractivity contribution in [2.24, 2.45) is 56.7 Å². The van der Waals surface area contributed by atoms with Crippen LogP contribution in [-0.2, 0) is 76.4 Å². The number of methoxy groups -OCH3 is 3. The summed E-state index contributed by atoms with van der Waals surface area (Å²) in [6.07, 6.45) is 7.74. The molecule has 0 unspecified atom stereocenters. The van der Waals surface area contributed by atoms with E-state index in [-0.39, 0.29) is 58.5 Å². The molecule has 0 aromatic rings. The number of aliphatic carboxylic acids is 4. The predicted molar refractivity (Wildman–Crippen MR) is 212 cm³/mol. The van der Waals surface area contributed by atoms with Crippen LogP contribution in [0.15, 0.2) is 12.2 Å². The Morgan fingerprint density at radius 3 is 1.51 bits per heavy atom. The number of carbonyl (C=O) groups excluding carboxylic acids is 6. The Balaban J connectivity index is 0.000000773. The van der Waals surface area contributed by atoms with E-state index in [4.69, 9.17) is 53.8 Å². The van der Waals surface area contributed by atoms with E-state index in [0.717, 1.165) is 77.6 Å². The summed E-state index contributed by atoms with van der Waals surface area (Å²) < 4.78 is 30.9. The van der Waals surface area contributed by atoms with Crippen molar-refractivity contribution in [3.8, 4) is 0 Å². The van der Waals surface area contributed by atoms with Crippen molar-refractivity contribution in [2.45, 2.75) is 105 Å². The van der Waals surface area contributed by atoms with Crippen LogP contribution in [-0.4, -0.2) is 121 Å². The number of rotatable bonds is 6. The van der Waals surface area contributed by atoms with Gasteiger partial charge in [0.1, 0.15) is 12.7 Å². The normalized spacial score (nSPS) is 34.5. The number of fused-ring (bicyclic) bond motifs is 7. The lowest BCUT2D eigenvalue weighted by Crippen LogP contribution is -2.68. The molecule has 20 heteroatoms. The van der Waals surface area contributed by atoms with Crippen LogP contribution in [0.2, 0.25) is 0 Å². The maximum Gasteiger partial charge on any atom is 0.417 e. The minimum atomic E-state index is -1.82. The van der Waals surface area contributed by atoms with E-state index in [9.17, 15) is 28.8 Å². The summed E-state index contributed by atoms with van der Waals surface area (Å²) in [6, 6.07) is 0. The van der Waals surface area contributed by atoms with Crippen molar-refractivity contribution < 1.29 is 96.8 Å². The van der Waals surface area contributed by atoms with Gasteiger partial charge in [0.05, 0.1) is 27.9 Å². The molecule has 0 aromatic carbocycles. The van der Waals surface area contributed by atoms with E-state index in [2.05, 4.69) is 48.5 Å². The predicted octanol–water partition coefficient (Wildman–Crippen LogP) is 3.45. The van der Waals surface area contributed by atoms with E-state index < -0.39 is 71.2 Å². The van der Waals surface area contributed by atoms with E-state index in [1.165, 1.54) is 7.11 Å². The van der Waals surface area contributed by atoms with Crippen LogP contribution < -0.4 is 0 Å². The molecule has 20 nitrogen and oxygen atoms in total. The van der Waals surface area contributed by atoms with Gasteiger partial charge in [0, 0.05) is 10.8 Å².